The molecule has 0 saturated carbocycles. The summed E-state index contributed by atoms with van der Waals surface area (Å²) in [7, 11) is 0. The van der Waals surface area contributed by atoms with Crippen LogP contribution in [0.1, 0.15) is 5.56 Å². The molecular formula is C18H13N3O. The molecule has 0 spiro atoms. The Labute approximate surface area is 126 Å². The van der Waals surface area contributed by atoms with Crippen LogP contribution in [0.3, 0.4) is 0 Å². The summed E-state index contributed by atoms with van der Waals surface area (Å²) in [5.41, 5.74) is 3.27. The molecule has 0 unspecified atom stereocenters. The number of hydrogen-bond donors (Lipinski definition) is 1. The second-order valence-corrected chi connectivity index (χ2v) is 5.32. The van der Waals surface area contributed by atoms with Gasteiger partial charge in [-0.1, -0.05) is 29.8 Å². The van der Waals surface area contributed by atoms with Crippen LogP contribution in [0.2, 0.25) is 0 Å². The van der Waals surface area contributed by atoms with Crippen molar-refractivity contribution in [1.29, 1.82) is 0 Å². The first kappa shape index (κ1) is 12.7. The van der Waals surface area contributed by atoms with Crippen molar-refractivity contribution in [3.05, 3.63) is 70.5 Å². The van der Waals surface area contributed by atoms with E-state index >= 15 is 0 Å². The fourth-order valence-electron chi connectivity index (χ4n) is 2.58. The lowest BCUT2D eigenvalue weighted by Gasteiger charge is -2.05. The minimum atomic E-state index is -0.147. The van der Waals surface area contributed by atoms with E-state index in [4.69, 9.17) is 0 Å². The highest BCUT2D eigenvalue weighted by Gasteiger charge is 2.07. The van der Waals surface area contributed by atoms with Crippen molar-refractivity contribution >= 4 is 21.8 Å². The van der Waals surface area contributed by atoms with E-state index in [2.05, 4.69) is 27.9 Å². The monoisotopic (exact) mass is 287 g/mol. The Balaban J connectivity index is 1.94. The van der Waals surface area contributed by atoms with Crippen molar-refractivity contribution in [2.24, 2.45) is 0 Å². The minimum absolute atomic E-state index is 0.147. The van der Waals surface area contributed by atoms with E-state index in [9.17, 15) is 4.79 Å². The third kappa shape index (κ3) is 2.05. The van der Waals surface area contributed by atoms with E-state index in [-0.39, 0.29) is 5.56 Å². The molecule has 1 N–H and O–H groups in total. The average Bonchev–Trinajstić information content (AvgIpc) is 2.54. The second-order valence-electron chi connectivity index (χ2n) is 5.32. The zero-order chi connectivity index (χ0) is 15.1. The van der Waals surface area contributed by atoms with E-state index in [1.165, 1.54) is 5.56 Å². The molecule has 0 bridgehead atoms. The molecule has 4 rings (SSSR count). The van der Waals surface area contributed by atoms with E-state index in [0.29, 0.717) is 22.4 Å². The van der Waals surface area contributed by atoms with Gasteiger partial charge < -0.3 is 4.98 Å². The van der Waals surface area contributed by atoms with Gasteiger partial charge in [0.1, 0.15) is 5.69 Å². The normalized spacial score (nSPS) is 11.1. The van der Waals surface area contributed by atoms with Gasteiger partial charge >= 0.3 is 0 Å². The van der Waals surface area contributed by atoms with Crippen LogP contribution in [-0.4, -0.2) is 15.0 Å². The quantitative estimate of drug-likeness (QED) is 0.583. The number of benzene rings is 2. The Morgan fingerprint density at radius 3 is 2.68 bits per heavy atom. The first-order valence-electron chi connectivity index (χ1n) is 7.07. The number of para-hydroxylation sites is 1. The number of hydrogen-bond acceptors (Lipinski definition) is 3. The van der Waals surface area contributed by atoms with Crippen LogP contribution in [0.5, 0.6) is 0 Å². The summed E-state index contributed by atoms with van der Waals surface area (Å²) in [6.45, 7) is 2.05. The maximum absolute atomic E-state index is 12.2. The van der Waals surface area contributed by atoms with E-state index in [1.54, 1.807) is 6.07 Å². The number of aromatic amines is 1. The lowest BCUT2D eigenvalue weighted by atomic mass is 10.1. The standard InChI is InChI=1S/C18H13N3O/c1-11-6-8-14-12(10-11)7-9-16(19-14)17-20-15-5-3-2-4-13(15)18(22)21-17/h2-10H,1H3,(H,20,21,22). The van der Waals surface area contributed by atoms with Crippen molar-refractivity contribution in [2.75, 3.05) is 0 Å². The lowest BCUT2D eigenvalue weighted by molar-refractivity contribution is 1.15. The van der Waals surface area contributed by atoms with Gasteiger partial charge in [0.2, 0.25) is 0 Å². The summed E-state index contributed by atoms with van der Waals surface area (Å²) in [6.07, 6.45) is 0. The molecule has 106 valence electrons. The molecule has 2 aromatic heterocycles. The van der Waals surface area contributed by atoms with Crippen LogP contribution in [0, 0.1) is 6.92 Å². The van der Waals surface area contributed by atoms with Crippen LogP contribution in [0.15, 0.2) is 59.4 Å². The Morgan fingerprint density at radius 2 is 1.77 bits per heavy atom. The molecule has 22 heavy (non-hydrogen) atoms. The van der Waals surface area contributed by atoms with Crippen molar-refractivity contribution in [3.8, 4) is 11.5 Å². The molecule has 0 fully saturated rings. The number of nitrogens with one attached hydrogen (secondary N) is 1. The summed E-state index contributed by atoms with van der Waals surface area (Å²) >= 11 is 0. The second kappa shape index (κ2) is 4.77. The molecule has 0 aliphatic rings. The van der Waals surface area contributed by atoms with Crippen molar-refractivity contribution in [2.45, 2.75) is 6.92 Å². The Morgan fingerprint density at radius 1 is 0.909 bits per heavy atom. The molecule has 0 aliphatic carbocycles. The van der Waals surface area contributed by atoms with Gasteiger partial charge in [-0.15, -0.1) is 0 Å². The van der Waals surface area contributed by atoms with Crippen molar-refractivity contribution in [3.63, 3.8) is 0 Å². The molecule has 2 aromatic carbocycles. The van der Waals surface area contributed by atoms with Gasteiger partial charge in [0.05, 0.1) is 16.4 Å². The lowest BCUT2D eigenvalue weighted by Crippen LogP contribution is -2.09. The number of aromatic nitrogens is 3. The SMILES string of the molecule is Cc1ccc2nc(-c3nc4ccccc4c(=O)[nH]3)ccc2c1. The van der Waals surface area contributed by atoms with Gasteiger partial charge in [-0.05, 0) is 37.3 Å². The van der Waals surface area contributed by atoms with E-state index in [1.807, 2.05) is 42.5 Å². The van der Waals surface area contributed by atoms with Crippen LogP contribution in [-0.2, 0) is 0 Å². The predicted molar refractivity (Wildman–Crippen MR) is 87.8 cm³/mol. The Bertz CT molecular complexity index is 1070. The zero-order valence-electron chi connectivity index (χ0n) is 12.0. The van der Waals surface area contributed by atoms with Gasteiger partial charge in [-0.3, -0.25) is 4.79 Å². The molecule has 0 aliphatic heterocycles. The summed E-state index contributed by atoms with van der Waals surface area (Å²) in [5.74, 6) is 0.492. The summed E-state index contributed by atoms with van der Waals surface area (Å²) in [4.78, 5) is 24.1. The van der Waals surface area contributed by atoms with E-state index in [0.717, 1.165) is 10.9 Å². The number of fused-ring (bicyclic) bond motifs is 2. The third-order valence-corrected chi connectivity index (χ3v) is 3.70. The molecule has 4 aromatic rings. The first-order chi connectivity index (χ1) is 10.7. The van der Waals surface area contributed by atoms with Crippen LogP contribution in [0.4, 0.5) is 0 Å². The highest BCUT2D eigenvalue weighted by molar-refractivity contribution is 5.83. The van der Waals surface area contributed by atoms with E-state index < -0.39 is 0 Å². The largest absolute Gasteiger partial charge is 0.305 e. The molecular weight excluding hydrogens is 274 g/mol. The Hall–Kier alpha value is -3.01. The third-order valence-electron chi connectivity index (χ3n) is 3.70. The topological polar surface area (TPSA) is 58.6 Å². The van der Waals surface area contributed by atoms with Crippen LogP contribution >= 0.6 is 0 Å². The molecule has 4 nitrogen and oxygen atoms in total. The number of rotatable bonds is 1. The summed E-state index contributed by atoms with van der Waals surface area (Å²) < 4.78 is 0. The number of pyridine rings is 1. The van der Waals surface area contributed by atoms with Crippen molar-refractivity contribution < 1.29 is 0 Å². The van der Waals surface area contributed by atoms with Gasteiger partial charge in [0.25, 0.3) is 5.56 Å². The average molecular weight is 287 g/mol. The highest BCUT2D eigenvalue weighted by Crippen LogP contribution is 2.19. The first-order valence-corrected chi connectivity index (χ1v) is 7.07. The highest BCUT2D eigenvalue weighted by atomic mass is 16.1. The molecule has 0 saturated heterocycles. The predicted octanol–water partition coefficient (Wildman–Crippen LogP) is 3.45. The summed E-state index contributed by atoms with van der Waals surface area (Å²) in [5, 5.41) is 1.66. The fourth-order valence-corrected chi connectivity index (χ4v) is 2.58. The molecule has 0 amide bonds. The number of H-pyrrole nitrogens is 1. The van der Waals surface area contributed by atoms with Gasteiger partial charge in [-0.25, -0.2) is 9.97 Å². The van der Waals surface area contributed by atoms with Crippen LogP contribution in [0.25, 0.3) is 33.3 Å². The molecule has 2 heterocycles. The van der Waals surface area contributed by atoms with Gasteiger partial charge in [0.15, 0.2) is 5.82 Å². The number of nitrogens with zero attached hydrogens (tertiary/aromatic N) is 2. The number of aryl methyl sites for hydroxylation is 1. The van der Waals surface area contributed by atoms with Crippen LogP contribution < -0.4 is 5.56 Å². The molecule has 0 atom stereocenters. The zero-order valence-corrected chi connectivity index (χ0v) is 12.0. The molecule has 0 radical (unpaired) electrons. The minimum Gasteiger partial charge on any atom is -0.305 e. The maximum Gasteiger partial charge on any atom is 0.259 e. The van der Waals surface area contributed by atoms with Gasteiger partial charge in [-0.2, -0.15) is 0 Å². The molecule has 4 heteroatoms. The maximum atomic E-state index is 12.2. The smallest absolute Gasteiger partial charge is 0.259 e. The fraction of sp³-hybridized carbons (Fsp3) is 0.0556. The van der Waals surface area contributed by atoms with Crippen molar-refractivity contribution in [1.82, 2.24) is 15.0 Å². The summed E-state index contributed by atoms with van der Waals surface area (Å²) in [6, 6.07) is 17.3. The van der Waals surface area contributed by atoms with Gasteiger partial charge in [0, 0.05) is 5.39 Å². The Kier molecular flexibility index (Phi) is 2.76.